The van der Waals surface area contributed by atoms with E-state index in [1.54, 1.807) is 0 Å². The van der Waals surface area contributed by atoms with Crippen LogP contribution in [0, 0.1) is 0 Å². The SMILES string of the molecule is O=C(O)C(O)C(O)C(O)C(O)CO.[Mo]. The molecule has 8 heteroatoms. The summed E-state index contributed by atoms with van der Waals surface area (Å²) in [6.07, 6.45) is -7.84. The van der Waals surface area contributed by atoms with E-state index < -0.39 is 37.0 Å². The Hall–Kier alpha value is -0.0417. The van der Waals surface area contributed by atoms with Gasteiger partial charge in [-0.1, -0.05) is 0 Å². The molecule has 0 aliphatic carbocycles. The van der Waals surface area contributed by atoms with Gasteiger partial charge in [-0.15, -0.1) is 0 Å². The third kappa shape index (κ3) is 4.45. The van der Waals surface area contributed by atoms with Crippen molar-refractivity contribution in [2.75, 3.05) is 6.61 Å². The summed E-state index contributed by atoms with van der Waals surface area (Å²) in [5.41, 5.74) is 0. The molecule has 0 aliphatic rings. The van der Waals surface area contributed by atoms with E-state index in [0.29, 0.717) is 0 Å². The third-order valence-electron chi connectivity index (χ3n) is 1.51. The van der Waals surface area contributed by atoms with Gasteiger partial charge >= 0.3 is 5.97 Å². The molecule has 14 heavy (non-hydrogen) atoms. The molecule has 0 aromatic carbocycles. The van der Waals surface area contributed by atoms with Crippen LogP contribution in [0.1, 0.15) is 0 Å². The monoisotopic (exact) mass is 294 g/mol. The zero-order valence-electron chi connectivity index (χ0n) is 7.02. The Morgan fingerprint density at radius 3 is 1.79 bits per heavy atom. The third-order valence-corrected chi connectivity index (χ3v) is 1.51. The van der Waals surface area contributed by atoms with Crippen LogP contribution >= 0.6 is 0 Å². The van der Waals surface area contributed by atoms with E-state index in [-0.39, 0.29) is 21.1 Å². The normalized spacial score (nSPS) is 18.9. The molecule has 6 N–H and O–H groups in total. The second-order valence-electron chi connectivity index (χ2n) is 2.51. The van der Waals surface area contributed by atoms with Gasteiger partial charge in [0.2, 0.25) is 0 Å². The van der Waals surface area contributed by atoms with Gasteiger partial charge in [0.15, 0.2) is 6.10 Å². The zero-order chi connectivity index (χ0) is 10.6. The first-order chi connectivity index (χ1) is 5.91. The van der Waals surface area contributed by atoms with Gasteiger partial charge in [0.25, 0.3) is 0 Å². The number of aliphatic hydroxyl groups is 5. The van der Waals surface area contributed by atoms with Crippen molar-refractivity contribution in [3.05, 3.63) is 0 Å². The summed E-state index contributed by atoms with van der Waals surface area (Å²) in [7, 11) is 0. The number of rotatable bonds is 5. The van der Waals surface area contributed by atoms with E-state index in [1.165, 1.54) is 0 Å². The molecule has 7 nitrogen and oxygen atoms in total. The van der Waals surface area contributed by atoms with Crippen LogP contribution in [-0.4, -0.2) is 67.6 Å². The van der Waals surface area contributed by atoms with E-state index in [2.05, 4.69) is 0 Å². The van der Waals surface area contributed by atoms with Crippen molar-refractivity contribution in [1.29, 1.82) is 0 Å². The minimum atomic E-state index is -2.20. The van der Waals surface area contributed by atoms with E-state index in [4.69, 9.17) is 30.6 Å². The second-order valence-corrected chi connectivity index (χ2v) is 2.51. The molecule has 0 spiro atoms. The average Bonchev–Trinajstić information content (AvgIpc) is 2.12. The topological polar surface area (TPSA) is 138 Å². The number of carbonyl (C=O) groups is 1. The molecule has 0 amide bonds. The maximum absolute atomic E-state index is 10.1. The van der Waals surface area contributed by atoms with Crippen LogP contribution in [0.25, 0.3) is 0 Å². The fourth-order valence-corrected chi connectivity index (χ4v) is 0.668. The molecule has 4 atom stereocenters. The van der Waals surface area contributed by atoms with Gasteiger partial charge in [0.05, 0.1) is 6.61 Å². The Morgan fingerprint density at radius 2 is 1.50 bits per heavy atom. The molecule has 0 aliphatic heterocycles. The van der Waals surface area contributed by atoms with Gasteiger partial charge in [-0.3, -0.25) is 0 Å². The van der Waals surface area contributed by atoms with E-state index in [9.17, 15) is 4.79 Å². The predicted octanol–water partition coefficient (Wildman–Crippen LogP) is -3.50. The molecular weight excluding hydrogens is 280 g/mol. The van der Waals surface area contributed by atoms with Crippen LogP contribution in [0.2, 0.25) is 0 Å². The largest absolute Gasteiger partial charge is 0.479 e. The van der Waals surface area contributed by atoms with Gasteiger partial charge < -0.3 is 30.6 Å². The maximum atomic E-state index is 10.1. The van der Waals surface area contributed by atoms with Crippen LogP contribution in [0.4, 0.5) is 0 Å². The predicted molar refractivity (Wildman–Crippen MR) is 38.7 cm³/mol. The Balaban J connectivity index is 0. The summed E-state index contributed by atoms with van der Waals surface area (Å²) in [5.74, 6) is -1.73. The van der Waals surface area contributed by atoms with Crippen molar-refractivity contribution in [2.45, 2.75) is 24.4 Å². The quantitative estimate of drug-likeness (QED) is 0.289. The van der Waals surface area contributed by atoms with Crippen molar-refractivity contribution >= 4 is 5.97 Å². The number of carboxylic acid groups (broad SMARTS) is 1. The molecule has 0 rings (SSSR count). The van der Waals surface area contributed by atoms with Crippen LogP contribution in [-0.2, 0) is 25.9 Å². The standard InChI is InChI=1S/C6H12O7.Mo/c7-1-2(8)3(9)4(10)5(11)6(12)13;/h2-5,7-11H,1H2,(H,12,13);. The Kier molecular flexibility index (Phi) is 8.52. The van der Waals surface area contributed by atoms with Crippen molar-refractivity contribution in [2.24, 2.45) is 0 Å². The van der Waals surface area contributed by atoms with E-state index >= 15 is 0 Å². The Bertz CT molecular complexity index is 176. The summed E-state index contributed by atoms with van der Waals surface area (Å²) >= 11 is 0. The average molecular weight is 292 g/mol. The van der Waals surface area contributed by atoms with Crippen molar-refractivity contribution in [3.63, 3.8) is 0 Å². The first-order valence-corrected chi connectivity index (χ1v) is 3.47. The number of carboxylic acids is 1. The Morgan fingerprint density at radius 1 is 1.07 bits per heavy atom. The number of aliphatic carboxylic acids is 1. The minimum absolute atomic E-state index is 0. The molecule has 0 aromatic heterocycles. The van der Waals surface area contributed by atoms with Gasteiger partial charge in [-0.25, -0.2) is 4.79 Å². The van der Waals surface area contributed by atoms with Crippen LogP contribution in [0.5, 0.6) is 0 Å². The molecule has 0 heterocycles. The molecular formula is C6H12MoO7. The van der Waals surface area contributed by atoms with Crippen LogP contribution in [0.15, 0.2) is 0 Å². The minimum Gasteiger partial charge on any atom is -0.479 e. The summed E-state index contributed by atoms with van der Waals surface area (Å²) in [4.78, 5) is 10.1. The second kappa shape index (κ2) is 7.28. The van der Waals surface area contributed by atoms with Gasteiger partial charge in [-0.05, 0) is 0 Å². The summed E-state index contributed by atoms with van der Waals surface area (Å²) < 4.78 is 0. The van der Waals surface area contributed by atoms with Gasteiger partial charge in [0.1, 0.15) is 18.3 Å². The zero-order valence-corrected chi connectivity index (χ0v) is 9.02. The van der Waals surface area contributed by atoms with E-state index in [1.807, 2.05) is 0 Å². The number of aliphatic hydroxyl groups excluding tert-OH is 5. The van der Waals surface area contributed by atoms with E-state index in [0.717, 1.165) is 0 Å². The summed E-state index contributed by atoms with van der Waals surface area (Å²) in [5, 5.41) is 51.8. The molecule has 0 saturated heterocycles. The fraction of sp³-hybridized carbons (Fsp3) is 0.833. The first kappa shape index (κ1) is 16.4. The summed E-state index contributed by atoms with van der Waals surface area (Å²) in [6, 6.07) is 0. The fourth-order valence-electron chi connectivity index (χ4n) is 0.668. The summed E-state index contributed by atoms with van der Waals surface area (Å²) in [6.45, 7) is -0.843. The van der Waals surface area contributed by atoms with Crippen LogP contribution < -0.4 is 0 Å². The molecule has 0 radical (unpaired) electrons. The number of hydrogen-bond acceptors (Lipinski definition) is 6. The van der Waals surface area contributed by atoms with Gasteiger partial charge in [-0.2, -0.15) is 0 Å². The molecule has 0 fully saturated rings. The van der Waals surface area contributed by atoms with Crippen molar-refractivity contribution in [3.8, 4) is 0 Å². The first-order valence-electron chi connectivity index (χ1n) is 3.47. The smallest absolute Gasteiger partial charge is 0.335 e. The molecule has 4 unspecified atom stereocenters. The Labute approximate surface area is 93.9 Å². The molecule has 84 valence electrons. The molecule has 0 bridgehead atoms. The number of hydrogen-bond donors (Lipinski definition) is 6. The molecule has 0 saturated carbocycles. The van der Waals surface area contributed by atoms with Crippen LogP contribution in [0.3, 0.4) is 0 Å². The van der Waals surface area contributed by atoms with Crippen molar-refractivity contribution < 1.29 is 56.5 Å². The van der Waals surface area contributed by atoms with Crippen molar-refractivity contribution in [1.82, 2.24) is 0 Å². The maximum Gasteiger partial charge on any atom is 0.335 e. The van der Waals surface area contributed by atoms with Gasteiger partial charge in [0, 0.05) is 21.1 Å². The molecule has 0 aromatic rings.